The summed E-state index contributed by atoms with van der Waals surface area (Å²) in [4.78, 5) is 24.4. The standard InChI is InChI=1S/C41H56O7Si/c1-41(2,3)49(4,5)48-34(29-46-33-18-12-9-13-19-33)26-27-35-36(20-14-6-7-15-21-39(43)44)38(28-37(35)42)47-40(45)32-24-22-31(23-25-32)30-16-10-8-11-17-30/h8-13,16-19,22-25,34-38,42H,6-7,14-15,20-21,26-29H2,1-5H3,(H,43,44)/t34-,35-,36-,37?,38+/m1/s1. The predicted molar refractivity (Wildman–Crippen MR) is 197 cm³/mol. The molecule has 1 aliphatic carbocycles. The molecule has 8 heteroatoms. The predicted octanol–water partition coefficient (Wildman–Crippen LogP) is 9.55. The monoisotopic (exact) mass is 688 g/mol. The summed E-state index contributed by atoms with van der Waals surface area (Å²) in [5.41, 5.74) is 2.60. The van der Waals surface area contributed by atoms with Crippen molar-refractivity contribution in [1.29, 1.82) is 0 Å². The number of unbranched alkanes of at least 4 members (excludes halogenated alkanes) is 3. The third kappa shape index (κ3) is 11.5. The molecule has 1 unspecified atom stereocenters. The lowest BCUT2D eigenvalue weighted by Crippen LogP contribution is -2.45. The van der Waals surface area contributed by atoms with Crippen molar-refractivity contribution >= 4 is 20.3 Å². The molecule has 3 aromatic carbocycles. The molecule has 1 aliphatic rings. The molecule has 0 amide bonds. The second-order valence-corrected chi connectivity index (χ2v) is 19.8. The van der Waals surface area contributed by atoms with Crippen molar-refractivity contribution < 1.29 is 33.7 Å². The molecule has 0 aromatic heterocycles. The normalized spacial score (nSPS) is 20.1. The summed E-state index contributed by atoms with van der Waals surface area (Å²) < 4.78 is 19.3. The number of hydrogen-bond acceptors (Lipinski definition) is 6. The summed E-state index contributed by atoms with van der Waals surface area (Å²) in [5, 5.41) is 20.5. The molecule has 5 atom stereocenters. The molecule has 1 saturated carbocycles. The maximum absolute atomic E-state index is 13.4. The number of carbonyl (C=O) groups is 2. The Bertz CT molecular complexity index is 1440. The van der Waals surface area contributed by atoms with Gasteiger partial charge in [-0.1, -0.05) is 101 Å². The molecule has 3 aromatic rings. The smallest absolute Gasteiger partial charge is 0.338 e. The molecular formula is C41H56O7Si. The highest BCUT2D eigenvalue weighted by Crippen LogP contribution is 2.43. The lowest BCUT2D eigenvalue weighted by molar-refractivity contribution is -0.137. The first-order chi connectivity index (χ1) is 23.3. The number of hydrogen-bond donors (Lipinski definition) is 2. The van der Waals surface area contributed by atoms with Crippen LogP contribution in [-0.2, 0) is 14.0 Å². The van der Waals surface area contributed by atoms with Crippen LogP contribution >= 0.6 is 0 Å². The lowest BCUT2D eigenvalue weighted by Gasteiger charge is -2.39. The average Bonchev–Trinajstić information content (AvgIpc) is 3.36. The highest BCUT2D eigenvalue weighted by molar-refractivity contribution is 6.74. The molecular weight excluding hydrogens is 633 g/mol. The minimum atomic E-state index is -2.11. The second-order valence-electron chi connectivity index (χ2n) is 15.1. The van der Waals surface area contributed by atoms with Crippen LogP contribution in [0.1, 0.15) is 88.9 Å². The third-order valence-electron chi connectivity index (χ3n) is 10.4. The van der Waals surface area contributed by atoms with E-state index in [4.69, 9.17) is 19.0 Å². The number of aliphatic carboxylic acids is 1. The van der Waals surface area contributed by atoms with E-state index in [1.165, 1.54) is 0 Å². The highest BCUT2D eigenvalue weighted by Gasteiger charge is 2.45. The van der Waals surface area contributed by atoms with Gasteiger partial charge in [0.25, 0.3) is 0 Å². The first-order valence-corrected chi connectivity index (χ1v) is 20.9. The molecule has 0 saturated heterocycles. The van der Waals surface area contributed by atoms with E-state index in [1.807, 2.05) is 72.8 Å². The molecule has 266 valence electrons. The summed E-state index contributed by atoms with van der Waals surface area (Å²) in [6, 6.07) is 27.3. The van der Waals surface area contributed by atoms with Crippen molar-refractivity contribution in [2.45, 2.75) is 115 Å². The van der Waals surface area contributed by atoms with Crippen LogP contribution in [-0.4, -0.2) is 55.4 Å². The number of carboxylic acid groups (broad SMARTS) is 1. The number of esters is 1. The summed E-state index contributed by atoms with van der Waals surface area (Å²) in [7, 11) is -2.11. The number of carbonyl (C=O) groups excluding carboxylic acids is 1. The van der Waals surface area contributed by atoms with Crippen LogP contribution in [0.4, 0.5) is 0 Å². The fourth-order valence-electron chi connectivity index (χ4n) is 6.59. The van der Waals surface area contributed by atoms with Gasteiger partial charge in [-0.05, 0) is 85.1 Å². The Morgan fingerprint density at radius 1 is 0.816 bits per heavy atom. The molecule has 0 radical (unpaired) electrons. The van der Waals surface area contributed by atoms with E-state index >= 15 is 0 Å². The molecule has 2 N–H and O–H groups in total. The van der Waals surface area contributed by atoms with Crippen LogP contribution in [0.2, 0.25) is 18.1 Å². The topological polar surface area (TPSA) is 102 Å². The summed E-state index contributed by atoms with van der Waals surface area (Å²) in [6.07, 6.45) is 4.94. The summed E-state index contributed by atoms with van der Waals surface area (Å²) >= 11 is 0. The van der Waals surface area contributed by atoms with Gasteiger partial charge in [0.15, 0.2) is 8.32 Å². The molecule has 0 aliphatic heterocycles. The van der Waals surface area contributed by atoms with E-state index in [9.17, 15) is 14.7 Å². The van der Waals surface area contributed by atoms with Crippen molar-refractivity contribution in [2.24, 2.45) is 11.8 Å². The fraction of sp³-hybridized carbons (Fsp3) is 0.512. The van der Waals surface area contributed by atoms with E-state index in [2.05, 4.69) is 33.9 Å². The Hall–Kier alpha value is -3.46. The molecule has 1 fully saturated rings. The van der Waals surface area contributed by atoms with Crippen LogP contribution in [0.15, 0.2) is 84.9 Å². The number of ether oxygens (including phenoxy) is 2. The second kappa shape index (κ2) is 18.0. The number of aliphatic hydroxyl groups excluding tert-OH is 1. The van der Waals surface area contributed by atoms with Gasteiger partial charge in [0.1, 0.15) is 18.5 Å². The van der Waals surface area contributed by atoms with Crippen LogP contribution in [0.25, 0.3) is 11.1 Å². The van der Waals surface area contributed by atoms with Crippen LogP contribution in [0.3, 0.4) is 0 Å². The van der Waals surface area contributed by atoms with Crippen LogP contribution < -0.4 is 4.74 Å². The lowest BCUT2D eigenvalue weighted by atomic mass is 9.84. The summed E-state index contributed by atoms with van der Waals surface area (Å²) in [5.74, 6) is -0.408. The molecule has 0 spiro atoms. The molecule has 7 nitrogen and oxygen atoms in total. The maximum Gasteiger partial charge on any atom is 0.338 e. The SMILES string of the molecule is CC(C)(C)[Si](C)(C)O[C@H](CC[C@H]1C(O)C[C@H](OC(=O)c2ccc(-c3ccccc3)cc2)[C@@H]1CCCCCCC(=O)O)COc1ccccc1. The Morgan fingerprint density at radius 2 is 1.43 bits per heavy atom. The zero-order valence-electron chi connectivity index (χ0n) is 30.0. The molecule has 49 heavy (non-hydrogen) atoms. The zero-order chi connectivity index (χ0) is 35.4. The minimum absolute atomic E-state index is 0.00872. The van der Waals surface area contributed by atoms with Crippen molar-refractivity contribution in [2.75, 3.05) is 6.61 Å². The number of rotatable bonds is 18. The van der Waals surface area contributed by atoms with Gasteiger partial charge < -0.3 is 24.1 Å². The van der Waals surface area contributed by atoms with Crippen molar-refractivity contribution in [3.05, 3.63) is 90.5 Å². The van der Waals surface area contributed by atoms with E-state index < -0.39 is 26.5 Å². The quantitative estimate of drug-likeness (QED) is 0.0780. The molecule has 0 bridgehead atoms. The first kappa shape index (κ1) is 38.3. The van der Waals surface area contributed by atoms with Crippen LogP contribution in [0.5, 0.6) is 5.75 Å². The van der Waals surface area contributed by atoms with Crippen molar-refractivity contribution in [3.8, 4) is 16.9 Å². The molecule has 4 rings (SSSR count). The number of aliphatic hydroxyl groups is 1. The fourth-order valence-corrected chi connectivity index (χ4v) is 7.96. The first-order valence-electron chi connectivity index (χ1n) is 18.0. The van der Waals surface area contributed by atoms with Crippen molar-refractivity contribution in [3.63, 3.8) is 0 Å². The van der Waals surface area contributed by atoms with Gasteiger partial charge in [0.05, 0.1) is 17.8 Å². The van der Waals surface area contributed by atoms with E-state index in [0.717, 1.165) is 55.4 Å². The number of benzene rings is 3. The minimum Gasteiger partial charge on any atom is -0.491 e. The van der Waals surface area contributed by atoms with Crippen molar-refractivity contribution in [1.82, 2.24) is 0 Å². The van der Waals surface area contributed by atoms with Gasteiger partial charge >= 0.3 is 11.9 Å². The van der Waals surface area contributed by atoms with Gasteiger partial charge in [-0.25, -0.2) is 4.79 Å². The molecule has 0 heterocycles. The van der Waals surface area contributed by atoms with E-state index in [1.54, 1.807) is 12.1 Å². The summed E-state index contributed by atoms with van der Waals surface area (Å²) in [6.45, 7) is 11.6. The number of carboxylic acids is 1. The zero-order valence-corrected chi connectivity index (χ0v) is 31.0. The van der Waals surface area contributed by atoms with Crippen LogP contribution in [0, 0.1) is 11.8 Å². The highest BCUT2D eigenvalue weighted by atomic mass is 28.4. The van der Waals surface area contributed by atoms with E-state index in [-0.39, 0.29) is 35.4 Å². The van der Waals surface area contributed by atoms with E-state index in [0.29, 0.717) is 25.0 Å². The Labute approximate surface area is 294 Å². The third-order valence-corrected chi connectivity index (χ3v) is 15.0. The maximum atomic E-state index is 13.4. The largest absolute Gasteiger partial charge is 0.491 e. The number of para-hydroxylation sites is 1. The van der Waals surface area contributed by atoms with Gasteiger partial charge in [0, 0.05) is 18.8 Å². The van der Waals surface area contributed by atoms with Gasteiger partial charge in [-0.2, -0.15) is 0 Å². The Kier molecular flexibility index (Phi) is 14.1. The van der Waals surface area contributed by atoms with Gasteiger partial charge in [0.2, 0.25) is 0 Å². The Balaban J connectivity index is 1.46. The van der Waals surface area contributed by atoms with Gasteiger partial charge in [-0.3, -0.25) is 4.79 Å². The Morgan fingerprint density at radius 3 is 2.06 bits per heavy atom. The average molecular weight is 689 g/mol. The van der Waals surface area contributed by atoms with Gasteiger partial charge in [-0.15, -0.1) is 0 Å².